The summed E-state index contributed by atoms with van der Waals surface area (Å²) in [5, 5.41) is 5.44. The first-order valence-electron chi connectivity index (χ1n) is 9.09. The summed E-state index contributed by atoms with van der Waals surface area (Å²) in [6, 6.07) is 17.0. The third kappa shape index (κ3) is 5.34. The minimum absolute atomic E-state index is 0.121. The smallest absolute Gasteiger partial charge is 0.313 e. The number of amides is 2. The number of carbonyl (C=O) groups excluding carboxylic acids is 2. The van der Waals surface area contributed by atoms with E-state index in [9.17, 15) is 9.59 Å². The molecule has 5 heteroatoms. The van der Waals surface area contributed by atoms with Crippen molar-refractivity contribution in [1.82, 2.24) is 5.32 Å². The van der Waals surface area contributed by atoms with Gasteiger partial charge in [-0.25, -0.2) is 0 Å². The van der Waals surface area contributed by atoms with Crippen molar-refractivity contribution in [3.05, 3.63) is 60.2 Å². The molecule has 0 aromatic heterocycles. The van der Waals surface area contributed by atoms with Crippen LogP contribution in [0.25, 0.3) is 0 Å². The topological polar surface area (TPSA) is 67.4 Å². The highest BCUT2D eigenvalue weighted by Gasteiger charge is 2.20. The lowest BCUT2D eigenvalue weighted by atomic mass is 9.95. The lowest BCUT2D eigenvalue weighted by Gasteiger charge is -2.22. The van der Waals surface area contributed by atoms with Crippen LogP contribution in [-0.4, -0.2) is 17.9 Å². The van der Waals surface area contributed by atoms with Gasteiger partial charge in [-0.2, -0.15) is 0 Å². The third-order valence-electron chi connectivity index (χ3n) is 4.51. The van der Waals surface area contributed by atoms with Crippen LogP contribution in [0.3, 0.4) is 0 Å². The molecule has 2 aromatic carbocycles. The van der Waals surface area contributed by atoms with E-state index in [4.69, 9.17) is 4.74 Å². The van der Waals surface area contributed by atoms with E-state index in [1.807, 2.05) is 30.3 Å². The van der Waals surface area contributed by atoms with Gasteiger partial charge in [-0.1, -0.05) is 49.6 Å². The normalized spacial score (nSPS) is 14.5. The minimum Gasteiger partial charge on any atom is -0.489 e. The van der Waals surface area contributed by atoms with Crippen LogP contribution in [0, 0.1) is 0 Å². The van der Waals surface area contributed by atoms with Gasteiger partial charge >= 0.3 is 11.8 Å². The quantitative estimate of drug-likeness (QED) is 0.807. The first-order chi connectivity index (χ1) is 12.7. The molecule has 1 fully saturated rings. The van der Waals surface area contributed by atoms with E-state index >= 15 is 0 Å². The summed E-state index contributed by atoms with van der Waals surface area (Å²) in [5.74, 6) is -0.492. The number of benzene rings is 2. The Labute approximate surface area is 153 Å². The van der Waals surface area contributed by atoms with Crippen LogP contribution in [0.4, 0.5) is 5.69 Å². The Morgan fingerprint density at radius 1 is 0.885 bits per heavy atom. The fraction of sp³-hybridized carbons (Fsp3) is 0.333. The van der Waals surface area contributed by atoms with Crippen LogP contribution in [-0.2, 0) is 16.2 Å². The molecule has 0 radical (unpaired) electrons. The highest BCUT2D eigenvalue weighted by Crippen LogP contribution is 2.18. The molecule has 0 bridgehead atoms. The number of ether oxygens (including phenoxy) is 1. The Morgan fingerprint density at radius 3 is 2.27 bits per heavy atom. The Hall–Kier alpha value is -2.82. The van der Waals surface area contributed by atoms with Gasteiger partial charge in [-0.3, -0.25) is 9.59 Å². The summed E-state index contributed by atoms with van der Waals surface area (Å²) in [5.41, 5.74) is 1.66. The standard InChI is InChI=1S/C21H24N2O3/c24-20(22-17-9-5-2-6-10-17)21(25)23-18-11-13-19(14-12-18)26-15-16-7-3-1-4-8-16/h1,3-4,7-8,11-14,17H,2,5-6,9-10,15H2,(H,22,24)(H,23,25). The number of rotatable bonds is 5. The summed E-state index contributed by atoms with van der Waals surface area (Å²) >= 11 is 0. The molecule has 0 atom stereocenters. The number of anilines is 1. The summed E-state index contributed by atoms with van der Waals surface area (Å²) < 4.78 is 5.71. The minimum atomic E-state index is -0.631. The third-order valence-corrected chi connectivity index (χ3v) is 4.51. The van der Waals surface area contributed by atoms with Gasteiger partial charge in [0.05, 0.1) is 0 Å². The molecule has 2 aromatic rings. The van der Waals surface area contributed by atoms with Crippen LogP contribution in [0.5, 0.6) is 5.75 Å². The summed E-state index contributed by atoms with van der Waals surface area (Å²) in [7, 11) is 0. The van der Waals surface area contributed by atoms with Gasteiger partial charge in [0, 0.05) is 11.7 Å². The SMILES string of the molecule is O=C(Nc1ccc(OCc2ccccc2)cc1)C(=O)NC1CCCCC1. The van der Waals surface area contributed by atoms with Gasteiger partial charge in [0.15, 0.2) is 0 Å². The molecular formula is C21H24N2O3. The van der Waals surface area contributed by atoms with Crippen molar-refractivity contribution in [1.29, 1.82) is 0 Å². The maximum absolute atomic E-state index is 12.0. The molecule has 136 valence electrons. The van der Waals surface area contributed by atoms with Crippen molar-refractivity contribution < 1.29 is 14.3 Å². The summed E-state index contributed by atoms with van der Waals surface area (Å²) in [6.07, 6.45) is 5.32. The molecule has 2 amide bonds. The Kier molecular flexibility index (Phi) is 6.25. The Balaban J connectivity index is 1.47. The fourth-order valence-corrected chi connectivity index (χ4v) is 3.06. The van der Waals surface area contributed by atoms with Gasteiger partial charge in [0.1, 0.15) is 12.4 Å². The molecule has 0 saturated heterocycles. The zero-order valence-corrected chi connectivity index (χ0v) is 14.7. The van der Waals surface area contributed by atoms with Crippen molar-refractivity contribution in [3.63, 3.8) is 0 Å². The molecule has 1 aliphatic carbocycles. The van der Waals surface area contributed by atoms with E-state index in [0.717, 1.165) is 31.2 Å². The van der Waals surface area contributed by atoms with Crippen molar-refractivity contribution in [3.8, 4) is 5.75 Å². The molecule has 2 N–H and O–H groups in total. The van der Waals surface area contributed by atoms with Crippen molar-refractivity contribution >= 4 is 17.5 Å². The van der Waals surface area contributed by atoms with Crippen LogP contribution >= 0.6 is 0 Å². The molecule has 0 spiro atoms. The molecule has 1 saturated carbocycles. The van der Waals surface area contributed by atoms with Crippen molar-refractivity contribution in [2.24, 2.45) is 0 Å². The van der Waals surface area contributed by atoms with Gasteiger partial charge in [0.25, 0.3) is 0 Å². The second kappa shape index (κ2) is 9.04. The fourth-order valence-electron chi connectivity index (χ4n) is 3.06. The van der Waals surface area contributed by atoms with Gasteiger partial charge in [-0.05, 0) is 42.7 Å². The molecule has 0 heterocycles. The molecule has 26 heavy (non-hydrogen) atoms. The summed E-state index contributed by atoms with van der Waals surface area (Å²) in [6.45, 7) is 0.482. The first kappa shape index (κ1) is 18.0. The lowest BCUT2D eigenvalue weighted by Crippen LogP contribution is -2.42. The molecular weight excluding hydrogens is 328 g/mol. The van der Waals surface area contributed by atoms with Crippen LogP contribution < -0.4 is 15.4 Å². The van der Waals surface area contributed by atoms with E-state index in [1.54, 1.807) is 24.3 Å². The average molecular weight is 352 g/mol. The van der Waals surface area contributed by atoms with Crippen LogP contribution in [0.1, 0.15) is 37.7 Å². The molecule has 1 aliphatic rings. The molecule has 0 unspecified atom stereocenters. The van der Waals surface area contributed by atoms with Gasteiger partial charge in [0.2, 0.25) is 0 Å². The number of hydrogen-bond donors (Lipinski definition) is 2. The monoisotopic (exact) mass is 352 g/mol. The van der Waals surface area contributed by atoms with E-state index in [1.165, 1.54) is 6.42 Å². The summed E-state index contributed by atoms with van der Waals surface area (Å²) in [4.78, 5) is 24.0. The number of hydrogen-bond acceptors (Lipinski definition) is 3. The maximum Gasteiger partial charge on any atom is 0.313 e. The Bertz CT molecular complexity index is 723. The number of nitrogens with one attached hydrogen (secondary N) is 2. The second-order valence-corrected chi connectivity index (χ2v) is 6.56. The maximum atomic E-state index is 12.0. The first-order valence-corrected chi connectivity index (χ1v) is 9.09. The highest BCUT2D eigenvalue weighted by atomic mass is 16.5. The zero-order chi connectivity index (χ0) is 18.2. The van der Waals surface area contributed by atoms with E-state index < -0.39 is 11.8 Å². The lowest BCUT2D eigenvalue weighted by molar-refractivity contribution is -0.136. The van der Waals surface area contributed by atoms with Gasteiger partial charge in [-0.15, -0.1) is 0 Å². The molecule has 0 aliphatic heterocycles. The number of carbonyl (C=O) groups is 2. The largest absolute Gasteiger partial charge is 0.489 e. The van der Waals surface area contributed by atoms with E-state index in [2.05, 4.69) is 10.6 Å². The van der Waals surface area contributed by atoms with E-state index in [-0.39, 0.29) is 6.04 Å². The molecule has 3 rings (SSSR count). The van der Waals surface area contributed by atoms with Crippen LogP contribution in [0.15, 0.2) is 54.6 Å². The average Bonchev–Trinajstić information content (AvgIpc) is 2.69. The second-order valence-electron chi connectivity index (χ2n) is 6.56. The van der Waals surface area contributed by atoms with Crippen molar-refractivity contribution in [2.75, 3.05) is 5.32 Å². The highest BCUT2D eigenvalue weighted by molar-refractivity contribution is 6.39. The Morgan fingerprint density at radius 2 is 1.58 bits per heavy atom. The van der Waals surface area contributed by atoms with Gasteiger partial charge < -0.3 is 15.4 Å². The van der Waals surface area contributed by atoms with E-state index in [0.29, 0.717) is 18.0 Å². The predicted octanol–water partition coefficient (Wildman–Crippen LogP) is 3.65. The zero-order valence-electron chi connectivity index (χ0n) is 14.7. The predicted molar refractivity (Wildman–Crippen MR) is 101 cm³/mol. The van der Waals surface area contributed by atoms with Crippen LogP contribution in [0.2, 0.25) is 0 Å². The van der Waals surface area contributed by atoms with Crippen molar-refractivity contribution in [2.45, 2.75) is 44.8 Å². The molecule has 5 nitrogen and oxygen atoms in total.